The maximum absolute atomic E-state index is 12.5. The molecule has 0 saturated carbocycles. The number of carbonyl (C=O) groups is 1. The lowest BCUT2D eigenvalue weighted by molar-refractivity contribution is -0.119. The number of hydrogen-bond donors (Lipinski definition) is 3. The summed E-state index contributed by atoms with van der Waals surface area (Å²) >= 11 is 11.0. The first kappa shape index (κ1) is 17.9. The third kappa shape index (κ3) is 4.09. The maximum atomic E-state index is 12.5. The fourth-order valence-electron chi connectivity index (χ4n) is 1.91. The van der Waals surface area contributed by atoms with Crippen LogP contribution >= 0.6 is 23.8 Å². The third-order valence-corrected chi connectivity index (χ3v) is 3.80. The Kier molecular flexibility index (Phi) is 5.53. The van der Waals surface area contributed by atoms with Gasteiger partial charge in [0, 0.05) is 23.9 Å². The van der Waals surface area contributed by atoms with Crippen LogP contribution in [-0.4, -0.2) is 27.0 Å². The quantitative estimate of drug-likeness (QED) is 0.430. The first-order valence-electron chi connectivity index (χ1n) is 6.98. The number of aromatic nitrogens is 2. The van der Waals surface area contributed by atoms with Crippen molar-refractivity contribution in [2.75, 3.05) is 0 Å². The van der Waals surface area contributed by atoms with Crippen LogP contribution in [-0.2, 0) is 4.79 Å². The fourth-order valence-corrected chi connectivity index (χ4v) is 2.19. The van der Waals surface area contributed by atoms with Crippen LogP contribution < -0.4 is 16.4 Å². The van der Waals surface area contributed by atoms with Crippen molar-refractivity contribution in [2.45, 2.75) is 20.8 Å². The Morgan fingerprint density at radius 1 is 1.38 bits per heavy atom. The summed E-state index contributed by atoms with van der Waals surface area (Å²) in [6.45, 7) is 4.97. The summed E-state index contributed by atoms with van der Waals surface area (Å²) in [5.41, 5.74) is 7.00. The van der Waals surface area contributed by atoms with Gasteiger partial charge in [-0.15, -0.1) is 0 Å². The fraction of sp³-hybridized carbons (Fsp3) is 0.200. The van der Waals surface area contributed by atoms with Crippen LogP contribution in [0.25, 0.3) is 5.69 Å². The number of thiocarbonyl (C=S) groups is 1. The van der Waals surface area contributed by atoms with Gasteiger partial charge in [0.1, 0.15) is 0 Å². The van der Waals surface area contributed by atoms with Gasteiger partial charge in [-0.2, -0.15) is 0 Å². The van der Waals surface area contributed by atoms with E-state index in [1.165, 1.54) is 17.8 Å². The second-order valence-corrected chi connectivity index (χ2v) is 5.89. The summed E-state index contributed by atoms with van der Waals surface area (Å²) in [5, 5.41) is 3.58. The number of H-pyrrole nitrogens is 1. The van der Waals surface area contributed by atoms with Gasteiger partial charge in [-0.25, -0.2) is 9.67 Å². The summed E-state index contributed by atoms with van der Waals surface area (Å²) in [7, 11) is 0. The van der Waals surface area contributed by atoms with Crippen molar-refractivity contribution in [3.8, 4) is 5.69 Å². The number of hydrazine groups is 1. The van der Waals surface area contributed by atoms with Gasteiger partial charge in [0.15, 0.2) is 0 Å². The molecule has 0 fully saturated rings. The van der Waals surface area contributed by atoms with Gasteiger partial charge in [0.2, 0.25) is 11.0 Å². The molecule has 2 rings (SSSR count). The first-order chi connectivity index (χ1) is 11.3. The molecule has 1 amide bonds. The van der Waals surface area contributed by atoms with E-state index in [2.05, 4.69) is 20.9 Å². The lowest BCUT2D eigenvalue weighted by Crippen LogP contribution is -2.38. The van der Waals surface area contributed by atoms with Gasteiger partial charge in [0.25, 0.3) is 5.56 Å². The number of amides is 1. The van der Waals surface area contributed by atoms with Crippen LogP contribution in [0.1, 0.15) is 23.7 Å². The Balaban J connectivity index is 2.29. The lowest BCUT2D eigenvalue weighted by Gasteiger charge is -2.04. The third-order valence-electron chi connectivity index (χ3n) is 3.19. The Labute approximate surface area is 148 Å². The summed E-state index contributed by atoms with van der Waals surface area (Å²) in [5.74, 6) is -0.302. The Bertz CT molecular complexity index is 884. The molecule has 0 unspecified atom stereocenters. The van der Waals surface area contributed by atoms with Gasteiger partial charge in [-0.05, 0) is 43.8 Å². The van der Waals surface area contributed by atoms with Crippen molar-refractivity contribution >= 4 is 41.1 Å². The van der Waals surface area contributed by atoms with E-state index in [0.29, 0.717) is 22.0 Å². The number of carbonyl (C=O) groups excluding carboxylic acids is 1. The normalized spacial score (nSPS) is 10.8. The monoisotopic (exact) mass is 365 g/mol. The second kappa shape index (κ2) is 7.41. The molecule has 7 nitrogen and oxygen atoms in total. The highest BCUT2D eigenvalue weighted by Gasteiger charge is 2.11. The van der Waals surface area contributed by atoms with E-state index in [4.69, 9.17) is 23.8 Å². The van der Waals surface area contributed by atoms with E-state index >= 15 is 0 Å². The highest BCUT2D eigenvalue weighted by atomic mass is 35.5. The summed E-state index contributed by atoms with van der Waals surface area (Å²) in [4.78, 5) is 27.3. The zero-order valence-corrected chi connectivity index (χ0v) is 14.9. The Morgan fingerprint density at radius 3 is 2.71 bits per heavy atom. The summed E-state index contributed by atoms with van der Waals surface area (Å²) < 4.78 is 1.38. The molecule has 9 heteroatoms. The molecule has 0 aliphatic rings. The lowest BCUT2D eigenvalue weighted by atomic mass is 10.2. The van der Waals surface area contributed by atoms with Gasteiger partial charge >= 0.3 is 0 Å². The molecule has 126 valence electrons. The zero-order chi connectivity index (χ0) is 17.9. The van der Waals surface area contributed by atoms with E-state index in [1.54, 1.807) is 19.1 Å². The molecule has 1 heterocycles. The molecular weight excluding hydrogens is 350 g/mol. The molecule has 24 heavy (non-hydrogen) atoms. The zero-order valence-electron chi connectivity index (χ0n) is 13.3. The molecule has 0 atom stereocenters. The molecule has 1 aromatic carbocycles. The average Bonchev–Trinajstić information content (AvgIpc) is 2.80. The van der Waals surface area contributed by atoms with E-state index in [0.717, 1.165) is 5.56 Å². The molecule has 0 radical (unpaired) electrons. The van der Waals surface area contributed by atoms with Crippen molar-refractivity contribution in [1.82, 2.24) is 20.6 Å². The SMILES string of the molecule is CC(=O)NNC(=S)N=Cc1c(C)[nH]n(-c2ccc(C)c(Cl)c2)c1=O. The van der Waals surface area contributed by atoms with Crippen molar-refractivity contribution in [3.05, 3.63) is 50.4 Å². The van der Waals surface area contributed by atoms with Crippen molar-refractivity contribution in [2.24, 2.45) is 4.99 Å². The molecular formula is C15H16ClN5O2S. The van der Waals surface area contributed by atoms with Gasteiger partial charge in [0.05, 0.1) is 11.3 Å². The van der Waals surface area contributed by atoms with Crippen LogP contribution in [0, 0.1) is 13.8 Å². The number of hydrogen-bond acceptors (Lipinski definition) is 3. The van der Waals surface area contributed by atoms with Gasteiger partial charge in [-0.3, -0.25) is 25.5 Å². The van der Waals surface area contributed by atoms with Gasteiger partial charge < -0.3 is 0 Å². The molecule has 2 aromatic rings. The average molecular weight is 366 g/mol. The standard InChI is InChI=1S/C15H16ClN5O2S/c1-8-4-5-11(6-13(8)16)21-14(23)12(9(2)20-21)7-17-15(24)19-18-10(3)22/h4-7,20H,1-3H3,(H,18,22)(H,19,24). The number of rotatable bonds is 2. The largest absolute Gasteiger partial charge is 0.295 e. The predicted octanol–water partition coefficient (Wildman–Crippen LogP) is 1.78. The number of aromatic amines is 1. The Morgan fingerprint density at radius 2 is 2.08 bits per heavy atom. The molecule has 0 aliphatic heterocycles. The van der Waals surface area contributed by atoms with Crippen LogP contribution in [0.2, 0.25) is 5.02 Å². The summed E-state index contributed by atoms with van der Waals surface area (Å²) in [6.07, 6.45) is 1.34. The van der Waals surface area contributed by atoms with E-state index in [9.17, 15) is 9.59 Å². The molecule has 0 saturated heterocycles. The number of aliphatic imine (C=N–C) groups is 1. The number of benzene rings is 1. The molecule has 0 aliphatic carbocycles. The molecule has 0 bridgehead atoms. The van der Waals surface area contributed by atoms with Crippen LogP contribution in [0.15, 0.2) is 28.0 Å². The van der Waals surface area contributed by atoms with E-state index in [-0.39, 0.29) is 16.6 Å². The molecule has 1 aromatic heterocycles. The van der Waals surface area contributed by atoms with Crippen molar-refractivity contribution < 1.29 is 4.79 Å². The van der Waals surface area contributed by atoms with E-state index in [1.807, 2.05) is 13.0 Å². The number of nitrogens with one attached hydrogen (secondary N) is 3. The predicted molar refractivity (Wildman–Crippen MR) is 98.0 cm³/mol. The Hall–Kier alpha value is -2.45. The summed E-state index contributed by atoms with van der Waals surface area (Å²) in [6, 6.07) is 5.33. The maximum Gasteiger partial charge on any atom is 0.280 e. The minimum atomic E-state index is -0.302. The van der Waals surface area contributed by atoms with Crippen LogP contribution in [0.3, 0.4) is 0 Å². The highest BCUT2D eigenvalue weighted by Crippen LogP contribution is 2.18. The van der Waals surface area contributed by atoms with Crippen LogP contribution in [0.4, 0.5) is 0 Å². The highest BCUT2D eigenvalue weighted by molar-refractivity contribution is 7.80. The number of halogens is 1. The second-order valence-electron chi connectivity index (χ2n) is 5.09. The molecule has 3 N–H and O–H groups in total. The topological polar surface area (TPSA) is 91.3 Å². The number of nitrogens with zero attached hydrogens (tertiary/aromatic N) is 2. The molecule has 0 spiro atoms. The van der Waals surface area contributed by atoms with E-state index < -0.39 is 0 Å². The van der Waals surface area contributed by atoms with Gasteiger partial charge in [-0.1, -0.05) is 17.7 Å². The minimum Gasteiger partial charge on any atom is -0.295 e. The minimum absolute atomic E-state index is 0.0372. The first-order valence-corrected chi connectivity index (χ1v) is 7.77. The van der Waals surface area contributed by atoms with Crippen LogP contribution in [0.5, 0.6) is 0 Å². The van der Waals surface area contributed by atoms with Crippen molar-refractivity contribution in [1.29, 1.82) is 0 Å². The number of aryl methyl sites for hydroxylation is 2. The van der Waals surface area contributed by atoms with Crippen molar-refractivity contribution in [3.63, 3.8) is 0 Å². The smallest absolute Gasteiger partial charge is 0.280 e.